The number of unbranched alkanes of at least 4 members (excludes halogenated alkanes) is 1. The molecule has 0 aliphatic carbocycles. The van der Waals surface area contributed by atoms with Crippen LogP contribution in [0.4, 0.5) is 0 Å². The summed E-state index contributed by atoms with van der Waals surface area (Å²) in [6.45, 7) is 15.2. The molecule has 0 rings (SSSR count). The fourth-order valence-electron chi connectivity index (χ4n) is 1.87. The second-order valence-corrected chi connectivity index (χ2v) is 5.72. The van der Waals surface area contributed by atoms with E-state index < -0.39 is 0 Å². The van der Waals surface area contributed by atoms with Gasteiger partial charge in [-0.3, -0.25) is 4.90 Å². The molecule has 0 spiro atoms. The van der Waals surface area contributed by atoms with Crippen LogP contribution in [-0.4, -0.2) is 49.8 Å². The van der Waals surface area contributed by atoms with Crippen LogP contribution in [0.1, 0.15) is 47.5 Å². The minimum atomic E-state index is 0.177. The Bertz CT molecular complexity index is 178. The van der Waals surface area contributed by atoms with E-state index in [0.717, 1.165) is 19.7 Å². The maximum absolute atomic E-state index is 5.35. The molecule has 1 N–H and O–H groups in total. The summed E-state index contributed by atoms with van der Waals surface area (Å²) in [4.78, 5) is 2.52. The van der Waals surface area contributed by atoms with Crippen LogP contribution in [0.2, 0.25) is 0 Å². The van der Waals surface area contributed by atoms with E-state index in [4.69, 9.17) is 4.74 Å². The third-order valence-electron chi connectivity index (χ3n) is 2.95. The monoisotopic (exact) mass is 244 g/mol. The van der Waals surface area contributed by atoms with Gasteiger partial charge in [0.05, 0.1) is 6.61 Å². The summed E-state index contributed by atoms with van der Waals surface area (Å²) in [7, 11) is 1.79. The fraction of sp³-hybridized carbons (Fsp3) is 1.00. The van der Waals surface area contributed by atoms with Gasteiger partial charge in [-0.15, -0.1) is 0 Å². The first kappa shape index (κ1) is 16.9. The SMILES string of the molecule is CCCCN(CC)C(CNC(C)(C)C)COC. The molecule has 1 atom stereocenters. The van der Waals surface area contributed by atoms with Crippen molar-refractivity contribution in [3.05, 3.63) is 0 Å². The van der Waals surface area contributed by atoms with Crippen LogP contribution in [0.5, 0.6) is 0 Å². The maximum Gasteiger partial charge on any atom is 0.0630 e. The summed E-state index contributed by atoms with van der Waals surface area (Å²) in [6, 6.07) is 0.482. The van der Waals surface area contributed by atoms with E-state index in [1.165, 1.54) is 19.4 Å². The first-order chi connectivity index (χ1) is 7.94. The molecule has 0 amide bonds. The lowest BCUT2D eigenvalue weighted by molar-refractivity contribution is 0.0875. The minimum Gasteiger partial charge on any atom is -0.383 e. The van der Waals surface area contributed by atoms with Crippen molar-refractivity contribution in [2.45, 2.75) is 59.0 Å². The highest BCUT2D eigenvalue weighted by molar-refractivity contribution is 4.78. The van der Waals surface area contributed by atoms with Crippen LogP contribution in [0.25, 0.3) is 0 Å². The Kier molecular flexibility index (Phi) is 8.83. The zero-order chi connectivity index (χ0) is 13.3. The number of ether oxygens (including phenoxy) is 1. The first-order valence-corrected chi connectivity index (χ1v) is 6.92. The van der Waals surface area contributed by atoms with Crippen LogP contribution in [0.15, 0.2) is 0 Å². The molecule has 0 heterocycles. The molecule has 0 radical (unpaired) electrons. The largest absolute Gasteiger partial charge is 0.383 e. The van der Waals surface area contributed by atoms with Gasteiger partial charge in [-0.05, 0) is 40.3 Å². The molecule has 0 aromatic rings. The van der Waals surface area contributed by atoms with Gasteiger partial charge < -0.3 is 10.1 Å². The molecule has 0 aromatic heterocycles. The molecule has 0 saturated heterocycles. The van der Waals surface area contributed by atoms with E-state index in [1.807, 2.05) is 0 Å². The average Bonchev–Trinajstić information content (AvgIpc) is 2.25. The zero-order valence-electron chi connectivity index (χ0n) is 12.7. The molecule has 3 nitrogen and oxygen atoms in total. The summed E-state index contributed by atoms with van der Waals surface area (Å²) in [5, 5.41) is 3.58. The van der Waals surface area contributed by atoms with E-state index in [1.54, 1.807) is 7.11 Å². The van der Waals surface area contributed by atoms with Gasteiger partial charge in [0, 0.05) is 25.2 Å². The lowest BCUT2D eigenvalue weighted by Gasteiger charge is -2.33. The Morgan fingerprint density at radius 3 is 2.29 bits per heavy atom. The highest BCUT2D eigenvalue weighted by Gasteiger charge is 2.19. The lowest BCUT2D eigenvalue weighted by Crippen LogP contribution is -2.49. The average molecular weight is 244 g/mol. The zero-order valence-corrected chi connectivity index (χ0v) is 12.7. The summed E-state index contributed by atoms with van der Waals surface area (Å²) in [5.41, 5.74) is 0.177. The Morgan fingerprint density at radius 1 is 1.24 bits per heavy atom. The quantitative estimate of drug-likeness (QED) is 0.674. The van der Waals surface area contributed by atoms with Crippen LogP contribution in [0.3, 0.4) is 0 Å². The summed E-state index contributed by atoms with van der Waals surface area (Å²) >= 11 is 0. The number of hydrogen-bond donors (Lipinski definition) is 1. The summed E-state index contributed by atoms with van der Waals surface area (Å²) in [6.07, 6.45) is 2.52. The smallest absolute Gasteiger partial charge is 0.0630 e. The number of nitrogens with one attached hydrogen (secondary N) is 1. The second kappa shape index (κ2) is 8.90. The van der Waals surface area contributed by atoms with Crippen LogP contribution in [-0.2, 0) is 4.74 Å². The van der Waals surface area contributed by atoms with Crippen molar-refractivity contribution in [1.82, 2.24) is 10.2 Å². The van der Waals surface area contributed by atoms with Crippen LogP contribution < -0.4 is 5.32 Å². The normalized spacial score (nSPS) is 14.3. The molecular formula is C14H32N2O. The molecule has 0 saturated carbocycles. The predicted octanol–water partition coefficient (Wildman–Crippen LogP) is 2.51. The third kappa shape index (κ3) is 8.58. The highest BCUT2D eigenvalue weighted by atomic mass is 16.5. The number of hydrogen-bond acceptors (Lipinski definition) is 3. The minimum absolute atomic E-state index is 0.177. The van der Waals surface area contributed by atoms with E-state index in [-0.39, 0.29) is 5.54 Å². The topological polar surface area (TPSA) is 24.5 Å². The van der Waals surface area contributed by atoms with Gasteiger partial charge >= 0.3 is 0 Å². The second-order valence-electron chi connectivity index (χ2n) is 5.72. The van der Waals surface area contributed by atoms with Crippen LogP contribution >= 0.6 is 0 Å². The molecule has 104 valence electrons. The van der Waals surface area contributed by atoms with Gasteiger partial charge in [0.2, 0.25) is 0 Å². The molecule has 0 aromatic carbocycles. The Balaban J connectivity index is 4.25. The Labute approximate surface area is 108 Å². The molecule has 0 aliphatic rings. The van der Waals surface area contributed by atoms with Gasteiger partial charge in [-0.25, -0.2) is 0 Å². The Hall–Kier alpha value is -0.120. The van der Waals surface area contributed by atoms with Crippen molar-refractivity contribution in [2.75, 3.05) is 33.4 Å². The van der Waals surface area contributed by atoms with E-state index in [0.29, 0.717) is 6.04 Å². The molecular weight excluding hydrogens is 212 g/mol. The Morgan fingerprint density at radius 2 is 1.88 bits per heavy atom. The molecule has 0 aliphatic heterocycles. The van der Waals surface area contributed by atoms with Crippen molar-refractivity contribution in [3.63, 3.8) is 0 Å². The highest BCUT2D eigenvalue weighted by Crippen LogP contribution is 2.05. The molecule has 1 unspecified atom stereocenters. The van der Waals surface area contributed by atoms with Gasteiger partial charge in [0.1, 0.15) is 0 Å². The van der Waals surface area contributed by atoms with Crippen LogP contribution in [0, 0.1) is 0 Å². The summed E-state index contributed by atoms with van der Waals surface area (Å²) in [5.74, 6) is 0. The number of rotatable bonds is 9. The van der Waals surface area contributed by atoms with Gasteiger partial charge in [0.25, 0.3) is 0 Å². The van der Waals surface area contributed by atoms with Crippen molar-refractivity contribution in [2.24, 2.45) is 0 Å². The van der Waals surface area contributed by atoms with Crippen molar-refractivity contribution in [3.8, 4) is 0 Å². The van der Waals surface area contributed by atoms with Crippen molar-refractivity contribution >= 4 is 0 Å². The van der Waals surface area contributed by atoms with Crippen molar-refractivity contribution in [1.29, 1.82) is 0 Å². The first-order valence-electron chi connectivity index (χ1n) is 6.92. The third-order valence-corrected chi connectivity index (χ3v) is 2.95. The molecule has 0 fully saturated rings. The summed E-state index contributed by atoms with van der Waals surface area (Å²) < 4.78 is 5.35. The van der Waals surface area contributed by atoms with Gasteiger partial charge in [0.15, 0.2) is 0 Å². The molecule has 0 bridgehead atoms. The molecule has 3 heteroatoms. The van der Waals surface area contributed by atoms with Gasteiger partial charge in [-0.2, -0.15) is 0 Å². The number of likely N-dealkylation sites (N-methyl/N-ethyl adjacent to an activating group) is 1. The number of methoxy groups -OCH3 is 1. The van der Waals surface area contributed by atoms with E-state index in [9.17, 15) is 0 Å². The maximum atomic E-state index is 5.35. The lowest BCUT2D eigenvalue weighted by atomic mass is 10.1. The van der Waals surface area contributed by atoms with E-state index in [2.05, 4.69) is 44.8 Å². The van der Waals surface area contributed by atoms with Gasteiger partial charge in [-0.1, -0.05) is 20.3 Å². The van der Waals surface area contributed by atoms with E-state index >= 15 is 0 Å². The standard InChI is InChI=1S/C14H32N2O/c1-7-9-10-16(8-2)13(12-17-6)11-15-14(3,4)5/h13,15H,7-12H2,1-6H3. The molecule has 17 heavy (non-hydrogen) atoms. The number of nitrogens with zero attached hydrogens (tertiary/aromatic N) is 1. The predicted molar refractivity (Wildman–Crippen MR) is 75.6 cm³/mol. The fourth-order valence-corrected chi connectivity index (χ4v) is 1.87. The van der Waals surface area contributed by atoms with Crippen molar-refractivity contribution < 1.29 is 4.74 Å².